The van der Waals surface area contributed by atoms with Crippen LogP contribution in [0.25, 0.3) is 0 Å². The van der Waals surface area contributed by atoms with E-state index in [0.29, 0.717) is 11.3 Å². The third-order valence-corrected chi connectivity index (χ3v) is 5.15. The van der Waals surface area contributed by atoms with Crippen LogP contribution in [0.5, 0.6) is 5.75 Å². The Labute approximate surface area is 167 Å². The van der Waals surface area contributed by atoms with Gasteiger partial charge in [-0.3, -0.25) is 15.5 Å². The van der Waals surface area contributed by atoms with Gasteiger partial charge in [-0.25, -0.2) is 0 Å². The molecule has 0 amide bonds. The molecule has 0 fully saturated rings. The Hall–Kier alpha value is -3.72. The van der Waals surface area contributed by atoms with Crippen LogP contribution in [-0.4, -0.2) is 19.6 Å². The lowest BCUT2D eigenvalue weighted by Crippen LogP contribution is -2.11. The minimum Gasteiger partial charge on any atom is -0.378 e. The first-order chi connectivity index (χ1) is 13.8. The molecule has 0 atom stereocenters. The maximum absolute atomic E-state index is 12.5. The molecule has 3 aromatic carbocycles. The number of anilines is 1. The van der Waals surface area contributed by atoms with Gasteiger partial charge in [0, 0.05) is 17.7 Å². The van der Waals surface area contributed by atoms with Crippen molar-refractivity contribution >= 4 is 27.7 Å². The third-order valence-electron chi connectivity index (χ3n) is 3.90. The summed E-state index contributed by atoms with van der Waals surface area (Å²) in [6.45, 7) is 1.86. The van der Waals surface area contributed by atoms with E-state index in [-0.39, 0.29) is 16.3 Å². The number of hydrogen-bond donors (Lipinski definition) is 1. The summed E-state index contributed by atoms with van der Waals surface area (Å²) in [6, 6.07) is 18.6. The number of nitrogens with one attached hydrogen (secondary N) is 1. The minimum atomic E-state index is -3.99. The molecule has 1 N–H and O–H groups in total. The molecule has 0 saturated carbocycles. The summed E-state index contributed by atoms with van der Waals surface area (Å²) in [7, 11) is -3.99. The average molecular weight is 411 g/mol. The summed E-state index contributed by atoms with van der Waals surface area (Å²) >= 11 is 0. The van der Waals surface area contributed by atoms with Crippen molar-refractivity contribution in [2.45, 2.75) is 11.8 Å². The molecule has 0 heterocycles. The fourth-order valence-electron chi connectivity index (χ4n) is 2.37. The standard InChI is InChI=1S/C20H17N3O5S/c1-15-6-12-19(13-7-15)29(26,27)28-20-5-3-2-4-16(20)14-21-22-17-8-10-18(11-9-17)23(24)25/h2-14,22H,1H3/b21-14+. The van der Waals surface area contributed by atoms with Crippen LogP contribution in [0.1, 0.15) is 11.1 Å². The molecule has 3 rings (SSSR count). The smallest absolute Gasteiger partial charge is 0.339 e. The van der Waals surface area contributed by atoms with Crippen LogP contribution in [0.15, 0.2) is 82.8 Å². The predicted octanol–water partition coefficient (Wildman–Crippen LogP) is 4.12. The van der Waals surface area contributed by atoms with Crippen LogP contribution < -0.4 is 9.61 Å². The van der Waals surface area contributed by atoms with E-state index in [1.165, 1.54) is 48.7 Å². The van der Waals surface area contributed by atoms with Crippen molar-refractivity contribution in [3.8, 4) is 5.75 Å². The summed E-state index contributed by atoms with van der Waals surface area (Å²) < 4.78 is 30.3. The van der Waals surface area contributed by atoms with Gasteiger partial charge in [0.2, 0.25) is 0 Å². The lowest BCUT2D eigenvalue weighted by atomic mass is 10.2. The molecule has 0 aromatic heterocycles. The molecule has 9 heteroatoms. The van der Waals surface area contributed by atoms with E-state index in [0.717, 1.165) is 5.56 Å². The molecule has 0 unspecified atom stereocenters. The minimum absolute atomic E-state index is 0.0282. The maximum atomic E-state index is 12.5. The van der Waals surface area contributed by atoms with E-state index in [1.54, 1.807) is 30.3 Å². The van der Waals surface area contributed by atoms with Gasteiger partial charge < -0.3 is 4.18 Å². The fraction of sp³-hybridized carbons (Fsp3) is 0.0500. The van der Waals surface area contributed by atoms with Crippen LogP contribution >= 0.6 is 0 Å². The molecule has 0 saturated heterocycles. The highest BCUT2D eigenvalue weighted by Gasteiger charge is 2.17. The molecule has 0 aliphatic carbocycles. The van der Waals surface area contributed by atoms with Gasteiger partial charge in [-0.1, -0.05) is 29.8 Å². The Morgan fingerprint density at radius 3 is 2.31 bits per heavy atom. The van der Waals surface area contributed by atoms with E-state index in [1.807, 2.05) is 6.92 Å². The average Bonchev–Trinajstić information content (AvgIpc) is 2.70. The van der Waals surface area contributed by atoms with Gasteiger partial charge in [-0.2, -0.15) is 13.5 Å². The number of non-ortho nitro benzene ring substituents is 1. The van der Waals surface area contributed by atoms with Crippen molar-refractivity contribution in [3.63, 3.8) is 0 Å². The first kappa shape index (κ1) is 20.0. The van der Waals surface area contributed by atoms with Gasteiger partial charge in [0.25, 0.3) is 5.69 Å². The van der Waals surface area contributed by atoms with Gasteiger partial charge in [-0.05, 0) is 43.3 Å². The van der Waals surface area contributed by atoms with Crippen LogP contribution in [0, 0.1) is 17.0 Å². The molecule has 29 heavy (non-hydrogen) atoms. The zero-order valence-electron chi connectivity index (χ0n) is 15.3. The summed E-state index contributed by atoms with van der Waals surface area (Å²) in [5, 5.41) is 14.7. The second kappa shape index (κ2) is 8.53. The number of nitrogens with zero attached hydrogens (tertiary/aromatic N) is 2. The fourth-order valence-corrected chi connectivity index (χ4v) is 3.32. The summed E-state index contributed by atoms with van der Waals surface area (Å²) in [5.74, 6) is 0.127. The maximum Gasteiger partial charge on any atom is 0.339 e. The number of para-hydroxylation sites is 1. The first-order valence-corrected chi connectivity index (χ1v) is 9.90. The number of nitro groups is 1. The van der Waals surface area contributed by atoms with Crippen molar-refractivity contribution in [1.82, 2.24) is 0 Å². The first-order valence-electron chi connectivity index (χ1n) is 8.49. The SMILES string of the molecule is Cc1ccc(S(=O)(=O)Oc2ccccc2/C=N/Nc2ccc([N+](=O)[O-])cc2)cc1. The van der Waals surface area contributed by atoms with Crippen molar-refractivity contribution in [1.29, 1.82) is 0 Å². The van der Waals surface area contributed by atoms with Crippen molar-refractivity contribution in [2.24, 2.45) is 5.10 Å². The molecule has 0 bridgehead atoms. The zero-order chi connectivity index (χ0) is 20.9. The number of hydrogen-bond acceptors (Lipinski definition) is 7. The van der Waals surface area contributed by atoms with Gasteiger partial charge in [0.05, 0.1) is 16.8 Å². The molecule has 0 spiro atoms. The van der Waals surface area contributed by atoms with E-state index in [2.05, 4.69) is 10.5 Å². The van der Waals surface area contributed by atoms with Gasteiger partial charge >= 0.3 is 10.1 Å². The summed E-state index contributed by atoms with van der Waals surface area (Å²) in [5.41, 5.74) is 4.62. The number of nitro benzene ring substituents is 1. The largest absolute Gasteiger partial charge is 0.378 e. The Morgan fingerprint density at radius 1 is 1.00 bits per heavy atom. The normalized spacial score (nSPS) is 11.3. The molecular weight excluding hydrogens is 394 g/mol. The van der Waals surface area contributed by atoms with E-state index in [4.69, 9.17) is 4.18 Å². The molecule has 0 radical (unpaired) electrons. The quantitative estimate of drug-likeness (QED) is 0.271. The Bertz CT molecular complexity index is 1140. The van der Waals surface area contributed by atoms with Crippen LogP contribution in [0.3, 0.4) is 0 Å². The Morgan fingerprint density at radius 2 is 1.66 bits per heavy atom. The number of aryl methyl sites for hydroxylation is 1. The number of hydrazone groups is 1. The molecule has 0 aliphatic heterocycles. The molecule has 8 nitrogen and oxygen atoms in total. The highest BCUT2D eigenvalue weighted by molar-refractivity contribution is 7.87. The van der Waals surface area contributed by atoms with E-state index >= 15 is 0 Å². The third kappa shape index (κ3) is 5.17. The summed E-state index contributed by atoms with van der Waals surface area (Å²) in [4.78, 5) is 10.2. The predicted molar refractivity (Wildman–Crippen MR) is 110 cm³/mol. The second-order valence-corrected chi connectivity index (χ2v) is 7.61. The molecule has 148 valence electrons. The lowest BCUT2D eigenvalue weighted by molar-refractivity contribution is -0.384. The van der Waals surface area contributed by atoms with E-state index in [9.17, 15) is 18.5 Å². The van der Waals surface area contributed by atoms with Gasteiger partial charge in [-0.15, -0.1) is 0 Å². The topological polar surface area (TPSA) is 111 Å². The van der Waals surface area contributed by atoms with Crippen molar-refractivity contribution in [2.75, 3.05) is 5.43 Å². The molecular formula is C20H17N3O5S. The number of benzene rings is 3. The zero-order valence-corrected chi connectivity index (χ0v) is 16.2. The van der Waals surface area contributed by atoms with Crippen molar-refractivity contribution in [3.05, 3.63) is 94.0 Å². The Balaban J connectivity index is 1.75. The molecule has 3 aromatic rings. The highest BCUT2D eigenvalue weighted by atomic mass is 32.2. The van der Waals surface area contributed by atoms with E-state index < -0.39 is 15.0 Å². The lowest BCUT2D eigenvalue weighted by Gasteiger charge is -2.09. The van der Waals surface area contributed by atoms with Gasteiger partial charge in [0.15, 0.2) is 5.75 Å². The van der Waals surface area contributed by atoms with Crippen LogP contribution in [-0.2, 0) is 10.1 Å². The Kier molecular flexibility index (Phi) is 5.89. The summed E-state index contributed by atoms with van der Waals surface area (Å²) in [6.07, 6.45) is 1.40. The second-order valence-electron chi connectivity index (χ2n) is 6.06. The highest BCUT2D eigenvalue weighted by Crippen LogP contribution is 2.22. The van der Waals surface area contributed by atoms with Crippen LogP contribution in [0.4, 0.5) is 11.4 Å². The van der Waals surface area contributed by atoms with Crippen LogP contribution in [0.2, 0.25) is 0 Å². The number of rotatable bonds is 7. The molecule has 0 aliphatic rings. The van der Waals surface area contributed by atoms with Crippen molar-refractivity contribution < 1.29 is 17.5 Å². The monoisotopic (exact) mass is 411 g/mol. The van der Waals surface area contributed by atoms with Gasteiger partial charge in [0.1, 0.15) is 4.90 Å².